The minimum atomic E-state index is -3.83. The van der Waals surface area contributed by atoms with Crippen LogP contribution in [0.25, 0.3) is 0 Å². The number of benzene rings is 3. The fourth-order valence-corrected chi connectivity index (χ4v) is 6.12. The van der Waals surface area contributed by atoms with E-state index >= 15 is 0 Å². The largest absolute Gasteiger partial charge is 0.457 e. The molecule has 0 spiro atoms. The SMILES string of the molecule is CCC(C(=O)NC1CCCCC1)N(Cc1ccc(C)cc1)C(=O)CN(c1ccc(Oc2ccccc2)cc1)S(C)(=O)=O. The van der Waals surface area contributed by atoms with Gasteiger partial charge in [-0.15, -0.1) is 0 Å². The molecular formula is C33H41N3O5S. The lowest BCUT2D eigenvalue weighted by Crippen LogP contribution is -2.53. The molecule has 224 valence electrons. The van der Waals surface area contributed by atoms with Crippen molar-refractivity contribution in [3.05, 3.63) is 90.0 Å². The van der Waals surface area contributed by atoms with Gasteiger partial charge in [-0.3, -0.25) is 13.9 Å². The van der Waals surface area contributed by atoms with Crippen LogP contribution in [0, 0.1) is 6.92 Å². The van der Waals surface area contributed by atoms with Crippen LogP contribution in [-0.2, 0) is 26.2 Å². The van der Waals surface area contributed by atoms with Gasteiger partial charge in [0.15, 0.2) is 0 Å². The molecule has 3 aromatic carbocycles. The van der Waals surface area contributed by atoms with Crippen molar-refractivity contribution in [3.8, 4) is 11.5 Å². The van der Waals surface area contributed by atoms with Gasteiger partial charge < -0.3 is 15.0 Å². The molecule has 1 saturated carbocycles. The van der Waals surface area contributed by atoms with Crippen molar-refractivity contribution in [1.29, 1.82) is 0 Å². The number of para-hydroxylation sites is 1. The molecule has 3 aromatic rings. The van der Waals surface area contributed by atoms with Crippen LogP contribution in [0.15, 0.2) is 78.9 Å². The lowest BCUT2D eigenvalue weighted by Gasteiger charge is -2.34. The molecule has 1 fully saturated rings. The molecule has 4 rings (SSSR count). The Hall–Kier alpha value is -3.85. The number of nitrogens with one attached hydrogen (secondary N) is 1. The van der Waals surface area contributed by atoms with Gasteiger partial charge in [0.05, 0.1) is 11.9 Å². The van der Waals surface area contributed by atoms with Crippen LogP contribution < -0.4 is 14.4 Å². The summed E-state index contributed by atoms with van der Waals surface area (Å²) in [5.41, 5.74) is 2.29. The first-order chi connectivity index (χ1) is 20.1. The topological polar surface area (TPSA) is 96.0 Å². The number of rotatable bonds is 12. The number of sulfonamides is 1. The summed E-state index contributed by atoms with van der Waals surface area (Å²) in [5.74, 6) is 0.551. The monoisotopic (exact) mass is 591 g/mol. The second kappa shape index (κ2) is 14.4. The predicted octanol–water partition coefficient (Wildman–Crippen LogP) is 5.81. The molecule has 1 aliphatic rings. The van der Waals surface area contributed by atoms with E-state index in [4.69, 9.17) is 4.74 Å². The highest BCUT2D eigenvalue weighted by Gasteiger charge is 2.32. The van der Waals surface area contributed by atoms with E-state index in [1.165, 1.54) is 11.3 Å². The van der Waals surface area contributed by atoms with Gasteiger partial charge in [-0.05, 0) is 68.1 Å². The van der Waals surface area contributed by atoms with Crippen molar-refractivity contribution in [1.82, 2.24) is 10.2 Å². The van der Waals surface area contributed by atoms with E-state index in [-0.39, 0.29) is 18.5 Å². The molecule has 0 bridgehead atoms. The number of carbonyl (C=O) groups is 2. The van der Waals surface area contributed by atoms with E-state index in [9.17, 15) is 18.0 Å². The Morgan fingerprint density at radius 2 is 1.52 bits per heavy atom. The summed E-state index contributed by atoms with van der Waals surface area (Å²) in [7, 11) is -3.83. The molecule has 1 aliphatic carbocycles. The second-order valence-corrected chi connectivity index (χ2v) is 12.9. The third kappa shape index (κ3) is 8.58. The number of ether oxygens (including phenoxy) is 1. The lowest BCUT2D eigenvalue weighted by atomic mass is 9.95. The molecule has 0 heterocycles. The van der Waals surface area contributed by atoms with Crippen LogP contribution in [0.2, 0.25) is 0 Å². The molecule has 0 aliphatic heterocycles. The third-order valence-electron chi connectivity index (χ3n) is 7.59. The van der Waals surface area contributed by atoms with Crippen molar-refractivity contribution < 1.29 is 22.7 Å². The van der Waals surface area contributed by atoms with Crippen molar-refractivity contribution in [2.45, 2.75) is 71.0 Å². The van der Waals surface area contributed by atoms with E-state index in [2.05, 4.69) is 5.32 Å². The summed E-state index contributed by atoms with van der Waals surface area (Å²) < 4.78 is 32.8. The van der Waals surface area contributed by atoms with Gasteiger partial charge in [-0.1, -0.05) is 74.2 Å². The lowest BCUT2D eigenvalue weighted by molar-refractivity contribution is -0.140. The molecule has 1 unspecified atom stereocenters. The van der Waals surface area contributed by atoms with Gasteiger partial charge in [-0.25, -0.2) is 8.42 Å². The van der Waals surface area contributed by atoms with Gasteiger partial charge in [0.25, 0.3) is 0 Å². The van der Waals surface area contributed by atoms with Gasteiger partial charge >= 0.3 is 0 Å². The van der Waals surface area contributed by atoms with E-state index < -0.39 is 28.5 Å². The highest BCUT2D eigenvalue weighted by atomic mass is 32.2. The fourth-order valence-electron chi connectivity index (χ4n) is 5.27. The van der Waals surface area contributed by atoms with E-state index in [1.807, 2.05) is 68.4 Å². The Kier molecular flexibility index (Phi) is 10.6. The average molecular weight is 592 g/mol. The molecule has 9 heteroatoms. The molecule has 1 N–H and O–H groups in total. The van der Waals surface area contributed by atoms with Crippen LogP contribution in [-0.4, -0.2) is 50.0 Å². The Balaban J connectivity index is 1.57. The highest BCUT2D eigenvalue weighted by molar-refractivity contribution is 7.92. The molecule has 8 nitrogen and oxygen atoms in total. The number of hydrogen-bond donors (Lipinski definition) is 1. The summed E-state index contributed by atoms with van der Waals surface area (Å²) >= 11 is 0. The minimum absolute atomic E-state index is 0.0979. The summed E-state index contributed by atoms with van der Waals surface area (Å²) in [4.78, 5) is 29.0. The minimum Gasteiger partial charge on any atom is -0.457 e. The first-order valence-corrected chi connectivity index (χ1v) is 16.4. The first kappa shape index (κ1) is 31.1. The standard InChI is InChI=1S/C33H41N3O5S/c1-4-31(33(38)34-27-11-7-5-8-12-27)35(23-26-17-15-25(2)16-18-26)32(37)24-36(42(3,39)40)28-19-21-30(22-20-28)41-29-13-9-6-10-14-29/h6,9-10,13-22,27,31H,4-5,7-8,11-12,23-24H2,1-3H3,(H,34,38). The van der Waals surface area contributed by atoms with Gasteiger partial charge in [-0.2, -0.15) is 0 Å². The van der Waals surface area contributed by atoms with Gasteiger partial charge in [0, 0.05) is 12.6 Å². The Morgan fingerprint density at radius 3 is 2.12 bits per heavy atom. The van der Waals surface area contributed by atoms with Crippen LogP contribution in [0.1, 0.15) is 56.6 Å². The number of amides is 2. The first-order valence-electron chi connectivity index (χ1n) is 14.6. The van der Waals surface area contributed by atoms with Gasteiger partial charge in [0.2, 0.25) is 21.8 Å². The van der Waals surface area contributed by atoms with Crippen LogP contribution in [0.3, 0.4) is 0 Å². The van der Waals surface area contributed by atoms with Crippen molar-refractivity contribution in [3.63, 3.8) is 0 Å². The molecular weight excluding hydrogens is 550 g/mol. The molecule has 0 aromatic heterocycles. The molecule has 42 heavy (non-hydrogen) atoms. The number of aryl methyl sites for hydroxylation is 1. The molecule has 1 atom stereocenters. The summed E-state index contributed by atoms with van der Waals surface area (Å²) in [6.07, 6.45) is 6.66. The van der Waals surface area contributed by atoms with E-state index in [0.29, 0.717) is 23.6 Å². The summed E-state index contributed by atoms with van der Waals surface area (Å²) in [5, 5.41) is 3.16. The molecule has 0 radical (unpaired) electrons. The third-order valence-corrected chi connectivity index (χ3v) is 8.73. The Labute approximate surface area is 249 Å². The van der Waals surface area contributed by atoms with Crippen molar-refractivity contribution in [2.24, 2.45) is 0 Å². The van der Waals surface area contributed by atoms with E-state index in [0.717, 1.165) is 47.4 Å². The quantitative estimate of drug-likeness (QED) is 0.287. The highest BCUT2D eigenvalue weighted by Crippen LogP contribution is 2.26. The maximum Gasteiger partial charge on any atom is 0.244 e. The van der Waals surface area contributed by atoms with Crippen molar-refractivity contribution in [2.75, 3.05) is 17.1 Å². The zero-order valence-electron chi connectivity index (χ0n) is 24.7. The van der Waals surface area contributed by atoms with Gasteiger partial charge in [0.1, 0.15) is 24.1 Å². The number of anilines is 1. The van der Waals surface area contributed by atoms with Crippen molar-refractivity contribution >= 4 is 27.5 Å². The zero-order valence-corrected chi connectivity index (χ0v) is 25.5. The zero-order chi connectivity index (χ0) is 30.1. The number of carbonyl (C=O) groups excluding carboxylic acids is 2. The normalized spacial score (nSPS) is 14.5. The maximum absolute atomic E-state index is 14.0. The number of nitrogens with zero attached hydrogens (tertiary/aromatic N) is 2. The molecule has 0 saturated heterocycles. The van der Waals surface area contributed by atoms with Crippen LogP contribution in [0.5, 0.6) is 11.5 Å². The fraction of sp³-hybridized carbons (Fsp3) is 0.394. The van der Waals surface area contributed by atoms with E-state index in [1.54, 1.807) is 24.3 Å². The summed E-state index contributed by atoms with van der Waals surface area (Å²) in [6.45, 7) is 3.62. The number of hydrogen-bond acceptors (Lipinski definition) is 5. The smallest absolute Gasteiger partial charge is 0.244 e. The average Bonchev–Trinajstić information content (AvgIpc) is 2.98. The predicted molar refractivity (Wildman–Crippen MR) is 166 cm³/mol. The summed E-state index contributed by atoms with van der Waals surface area (Å²) in [6, 6.07) is 23.0. The van der Waals surface area contributed by atoms with Crippen LogP contribution >= 0.6 is 0 Å². The second-order valence-electron chi connectivity index (χ2n) is 11.0. The Bertz CT molecular complexity index is 1420. The molecule has 2 amide bonds. The van der Waals surface area contributed by atoms with Crippen LogP contribution in [0.4, 0.5) is 5.69 Å². The Morgan fingerprint density at radius 1 is 0.905 bits per heavy atom. The maximum atomic E-state index is 14.0.